The summed E-state index contributed by atoms with van der Waals surface area (Å²) in [6.07, 6.45) is 1.02. The molecule has 0 bridgehead atoms. The number of benzene rings is 1. The minimum atomic E-state index is 0.458. The Morgan fingerprint density at radius 2 is 2.20 bits per heavy atom. The highest BCUT2D eigenvalue weighted by molar-refractivity contribution is 5.77. The Morgan fingerprint density at radius 3 is 2.90 bits per heavy atom. The second-order valence-electron chi connectivity index (χ2n) is 4.54. The summed E-state index contributed by atoms with van der Waals surface area (Å²) in [6.45, 7) is 4.61. The van der Waals surface area contributed by atoms with Gasteiger partial charge in [0.1, 0.15) is 12.4 Å². The van der Waals surface area contributed by atoms with E-state index in [4.69, 9.17) is 14.7 Å². The van der Waals surface area contributed by atoms with Gasteiger partial charge in [-0.1, -0.05) is 6.92 Å². The van der Waals surface area contributed by atoms with Gasteiger partial charge < -0.3 is 14.0 Å². The molecule has 2 rings (SSSR count). The number of hydrogen-bond acceptors (Lipinski definition) is 4. The monoisotopic (exact) mass is 273 g/mol. The third-order valence-corrected chi connectivity index (χ3v) is 3.07. The van der Waals surface area contributed by atoms with Gasteiger partial charge in [0.15, 0.2) is 0 Å². The van der Waals surface area contributed by atoms with Gasteiger partial charge in [0.2, 0.25) is 0 Å². The molecule has 0 saturated heterocycles. The lowest BCUT2D eigenvalue weighted by Gasteiger charge is -2.08. The predicted octanol–water partition coefficient (Wildman–Crippen LogP) is 2.48. The topological polar surface area (TPSA) is 60.1 Å². The van der Waals surface area contributed by atoms with Crippen molar-refractivity contribution in [1.29, 1.82) is 5.26 Å². The second-order valence-corrected chi connectivity index (χ2v) is 4.54. The normalized spacial score (nSPS) is 10.8. The first-order valence-electron chi connectivity index (χ1n) is 6.76. The lowest BCUT2D eigenvalue weighted by Crippen LogP contribution is -2.08. The van der Waals surface area contributed by atoms with Gasteiger partial charge >= 0.3 is 0 Å². The number of ether oxygens (including phenoxy) is 2. The lowest BCUT2D eigenvalue weighted by molar-refractivity contribution is 0.0575. The maximum atomic E-state index is 8.95. The fraction of sp³-hybridized carbons (Fsp3) is 0.467. The number of fused-ring (bicyclic) bond motifs is 1. The van der Waals surface area contributed by atoms with Gasteiger partial charge in [-0.15, -0.1) is 0 Å². The lowest BCUT2D eigenvalue weighted by atomic mass is 10.2. The number of nitriles is 1. The molecule has 5 heteroatoms. The average molecular weight is 273 g/mol. The molecule has 0 aliphatic rings. The fourth-order valence-corrected chi connectivity index (χ4v) is 2.14. The highest BCUT2D eigenvalue weighted by Gasteiger charge is 2.10. The molecule has 1 heterocycles. The molecule has 20 heavy (non-hydrogen) atoms. The molecule has 0 atom stereocenters. The molecule has 106 valence electrons. The zero-order valence-electron chi connectivity index (χ0n) is 11.9. The summed E-state index contributed by atoms with van der Waals surface area (Å²) in [4.78, 5) is 4.58. The minimum absolute atomic E-state index is 0.458. The van der Waals surface area contributed by atoms with Gasteiger partial charge in [0, 0.05) is 13.7 Å². The first-order valence-corrected chi connectivity index (χ1v) is 6.76. The van der Waals surface area contributed by atoms with Crippen LogP contribution in [0.2, 0.25) is 0 Å². The summed E-state index contributed by atoms with van der Waals surface area (Å²) in [5, 5.41) is 8.95. The minimum Gasteiger partial charge on any atom is -0.382 e. The molecular weight excluding hydrogens is 254 g/mol. The SMILES string of the molecule is CCCn1c(COCCOC)nc2cc(C#N)ccc21. The molecule has 0 N–H and O–H groups in total. The zero-order valence-corrected chi connectivity index (χ0v) is 11.9. The third kappa shape index (κ3) is 3.16. The Hall–Kier alpha value is -1.90. The Bertz CT molecular complexity index is 613. The quantitative estimate of drug-likeness (QED) is 0.727. The molecule has 0 unspecified atom stereocenters. The molecule has 0 amide bonds. The molecule has 2 aromatic rings. The number of imidazole rings is 1. The largest absolute Gasteiger partial charge is 0.382 e. The van der Waals surface area contributed by atoms with Crippen LogP contribution in [0.1, 0.15) is 24.7 Å². The highest BCUT2D eigenvalue weighted by atomic mass is 16.5. The number of rotatable bonds is 7. The average Bonchev–Trinajstić information content (AvgIpc) is 2.81. The van der Waals surface area contributed by atoms with E-state index >= 15 is 0 Å². The number of nitrogens with zero attached hydrogens (tertiary/aromatic N) is 3. The van der Waals surface area contributed by atoms with E-state index in [0.29, 0.717) is 25.4 Å². The van der Waals surface area contributed by atoms with Gasteiger partial charge in [0.05, 0.1) is 35.9 Å². The van der Waals surface area contributed by atoms with Gasteiger partial charge in [-0.25, -0.2) is 4.98 Å². The van der Waals surface area contributed by atoms with Crippen LogP contribution in [0.5, 0.6) is 0 Å². The van der Waals surface area contributed by atoms with Crippen LogP contribution in [0, 0.1) is 11.3 Å². The van der Waals surface area contributed by atoms with Crippen molar-refractivity contribution in [2.75, 3.05) is 20.3 Å². The summed E-state index contributed by atoms with van der Waals surface area (Å²) in [5.74, 6) is 0.896. The maximum Gasteiger partial charge on any atom is 0.135 e. The van der Waals surface area contributed by atoms with Crippen molar-refractivity contribution in [2.24, 2.45) is 0 Å². The van der Waals surface area contributed by atoms with Crippen LogP contribution in [0.25, 0.3) is 11.0 Å². The molecule has 1 aromatic carbocycles. The fourth-order valence-electron chi connectivity index (χ4n) is 2.14. The molecule has 0 saturated carbocycles. The first-order chi connectivity index (χ1) is 9.80. The number of aromatic nitrogens is 2. The number of aryl methyl sites for hydroxylation is 1. The van der Waals surface area contributed by atoms with Crippen LogP contribution >= 0.6 is 0 Å². The Morgan fingerprint density at radius 1 is 1.35 bits per heavy atom. The summed E-state index contributed by atoms with van der Waals surface area (Å²) in [5.41, 5.74) is 2.53. The van der Waals surface area contributed by atoms with E-state index in [1.165, 1.54) is 0 Å². The standard InChI is InChI=1S/C15H19N3O2/c1-3-6-18-14-5-4-12(10-16)9-13(14)17-15(18)11-20-8-7-19-2/h4-5,9H,3,6-8,11H2,1-2H3. The van der Waals surface area contributed by atoms with E-state index in [0.717, 1.165) is 29.8 Å². The van der Waals surface area contributed by atoms with Gasteiger partial charge in [-0.2, -0.15) is 5.26 Å². The summed E-state index contributed by atoms with van der Waals surface area (Å²) >= 11 is 0. The molecule has 5 nitrogen and oxygen atoms in total. The highest BCUT2D eigenvalue weighted by Crippen LogP contribution is 2.19. The molecule has 0 radical (unpaired) electrons. The van der Waals surface area contributed by atoms with E-state index in [1.54, 1.807) is 7.11 Å². The van der Waals surface area contributed by atoms with Crippen molar-refractivity contribution >= 4 is 11.0 Å². The molecule has 1 aromatic heterocycles. The van der Waals surface area contributed by atoms with Gasteiger partial charge in [-0.05, 0) is 24.6 Å². The molecule has 0 spiro atoms. The van der Waals surface area contributed by atoms with E-state index in [-0.39, 0.29) is 0 Å². The molecular formula is C15H19N3O2. The summed E-state index contributed by atoms with van der Waals surface area (Å²) < 4.78 is 12.7. The molecule has 0 fully saturated rings. The molecule has 0 aliphatic carbocycles. The Labute approximate surface area is 118 Å². The van der Waals surface area contributed by atoms with Crippen molar-refractivity contribution < 1.29 is 9.47 Å². The van der Waals surface area contributed by atoms with Gasteiger partial charge in [0.25, 0.3) is 0 Å². The van der Waals surface area contributed by atoms with Gasteiger partial charge in [-0.3, -0.25) is 0 Å². The van der Waals surface area contributed by atoms with E-state index in [9.17, 15) is 0 Å². The van der Waals surface area contributed by atoms with Crippen LogP contribution in [-0.4, -0.2) is 29.9 Å². The first kappa shape index (κ1) is 14.5. The van der Waals surface area contributed by atoms with Crippen molar-refractivity contribution in [3.05, 3.63) is 29.6 Å². The maximum absolute atomic E-state index is 8.95. The Kier molecular flexibility index (Phi) is 5.10. The van der Waals surface area contributed by atoms with E-state index in [2.05, 4.69) is 22.5 Å². The van der Waals surface area contributed by atoms with Crippen LogP contribution in [0.4, 0.5) is 0 Å². The van der Waals surface area contributed by atoms with Crippen molar-refractivity contribution in [3.8, 4) is 6.07 Å². The van der Waals surface area contributed by atoms with Crippen molar-refractivity contribution in [3.63, 3.8) is 0 Å². The van der Waals surface area contributed by atoms with Crippen LogP contribution in [0.3, 0.4) is 0 Å². The Balaban J connectivity index is 2.27. The molecule has 0 aliphatic heterocycles. The smallest absolute Gasteiger partial charge is 0.135 e. The number of hydrogen-bond donors (Lipinski definition) is 0. The van der Waals surface area contributed by atoms with E-state index < -0.39 is 0 Å². The third-order valence-electron chi connectivity index (χ3n) is 3.07. The second kappa shape index (κ2) is 7.04. The number of methoxy groups -OCH3 is 1. The predicted molar refractivity (Wildman–Crippen MR) is 76.3 cm³/mol. The van der Waals surface area contributed by atoms with E-state index in [1.807, 2.05) is 18.2 Å². The zero-order chi connectivity index (χ0) is 14.4. The van der Waals surface area contributed by atoms with Crippen molar-refractivity contribution in [2.45, 2.75) is 26.5 Å². The summed E-state index contributed by atoms with van der Waals surface area (Å²) in [7, 11) is 1.65. The van der Waals surface area contributed by atoms with Crippen LogP contribution < -0.4 is 0 Å². The summed E-state index contributed by atoms with van der Waals surface area (Å²) in [6, 6.07) is 7.74. The van der Waals surface area contributed by atoms with Crippen molar-refractivity contribution in [1.82, 2.24) is 9.55 Å². The van der Waals surface area contributed by atoms with Crippen LogP contribution in [-0.2, 0) is 22.6 Å². The van der Waals surface area contributed by atoms with Crippen LogP contribution in [0.15, 0.2) is 18.2 Å².